The molecule has 28 heavy (non-hydrogen) atoms. The molecule has 0 unspecified atom stereocenters. The van der Waals surface area contributed by atoms with Gasteiger partial charge in [-0.05, 0) is 17.7 Å². The van der Waals surface area contributed by atoms with E-state index in [1.807, 2.05) is 29.8 Å². The van der Waals surface area contributed by atoms with E-state index in [1.54, 1.807) is 6.20 Å². The molecule has 2 aliphatic rings. The van der Waals surface area contributed by atoms with Crippen LogP contribution in [0.25, 0.3) is 21.8 Å². The molecule has 2 aromatic heterocycles. The number of ether oxygens (including phenoxy) is 4. The molecule has 1 saturated heterocycles. The van der Waals surface area contributed by atoms with Gasteiger partial charge in [0.1, 0.15) is 10.7 Å². The number of benzene rings is 1. The van der Waals surface area contributed by atoms with E-state index in [1.165, 1.54) is 11.3 Å². The molecule has 2 aliphatic heterocycles. The molecule has 3 aromatic rings. The summed E-state index contributed by atoms with van der Waals surface area (Å²) in [5, 5.41) is 6.00. The van der Waals surface area contributed by atoms with E-state index in [-0.39, 0.29) is 12.9 Å². The summed E-state index contributed by atoms with van der Waals surface area (Å²) in [6, 6.07) is 5.82. The van der Waals surface area contributed by atoms with Crippen LogP contribution in [0.3, 0.4) is 0 Å². The molecule has 5 rings (SSSR count). The average molecular weight is 398 g/mol. The number of thiazole rings is 1. The number of nitrogens with zero attached hydrogens (tertiary/aromatic N) is 3. The van der Waals surface area contributed by atoms with Crippen molar-refractivity contribution in [3.05, 3.63) is 36.0 Å². The number of nitrogens with one attached hydrogen (secondary N) is 1. The highest BCUT2D eigenvalue weighted by Crippen LogP contribution is 2.38. The summed E-state index contributed by atoms with van der Waals surface area (Å²) in [5.74, 6) is 2.00. The molecule has 144 valence electrons. The molecule has 8 nitrogen and oxygen atoms in total. The molecule has 1 aromatic carbocycles. The van der Waals surface area contributed by atoms with Crippen molar-refractivity contribution in [2.45, 2.75) is 6.10 Å². The number of aromatic nitrogens is 3. The maximum Gasteiger partial charge on any atom is 0.231 e. The summed E-state index contributed by atoms with van der Waals surface area (Å²) < 4.78 is 22.0. The molecule has 1 fully saturated rings. The fourth-order valence-electron chi connectivity index (χ4n) is 3.11. The van der Waals surface area contributed by atoms with E-state index in [2.05, 4.69) is 15.3 Å². The van der Waals surface area contributed by atoms with Crippen LogP contribution in [-0.4, -0.2) is 54.2 Å². The van der Waals surface area contributed by atoms with Crippen molar-refractivity contribution >= 4 is 17.3 Å². The summed E-state index contributed by atoms with van der Waals surface area (Å²) in [7, 11) is 0. The van der Waals surface area contributed by atoms with Crippen molar-refractivity contribution in [1.82, 2.24) is 15.0 Å². The zero-order valence-electron chi connectivity index (χ0n) is 15.0. The second kappa shape index (κ2) is 7.70. The lowest BCUT2D eigenvalue weighted by Crippen LogP contribution is -2.34. The van der Waals surface area contributed by atoms with Crippen LogP contribution in [0.5, 0.6) is 11.5 Å². The number of hydrogen-bond acceptors (Lipinski definition) is 9. The maximum atomic E-state index is 5.66. The smallest absolute Gasteiger partial charge is 0.231 e. The summed E-state index contributed by atoms with van der Waals surface area (Å²) in [6.07, 6.45) is 3.57. The van der Waals surface area contributed by atoms with Gasteiger partial charge in [-0.3, -0.25) is 0 Å². The van der Waals surface area contributed by atoms with E-state index in [4.69, 9.17) is 23.9 Å². The van der Waals surface area contributed by atoms with E-state index < -0.39 is 0 Å². The summed E-state index contributed by atoms with van der Waals surface area (Å²) >= 11 is 1.54. The zero-order valence-corrected chi connectivity index (χ0v) is 15.8. The van der Waals surface area contributed by atoms with Crippen molar-refractivity contribution < 1.29 is 18.9 Å². The molecule has 0 bridgehead atoms. The minimum atomic E-state index is -0.00537. The van der Waals surface area contributed by atoms with Gasteiger partial charge in [0, 0.05) is 29.9 Å². The molecular formula is C19H18N4O4S. The van der Waals surface area contributed by atoms with Crippen molar-refractivity contribution in [2.75, 3.05) is 38.5 Å². The van der Waals surface area contributed by atoms with Gasteiger partial charge in [-0.25, -0.2) is 15.0 Å². The van der Waals surface area contributed by atoms with Crippen LogP contribution >= 0.6 is 11.3 Å². The Balaban J connectivity index is 1.45. The van der Waals surface area contributed by atoms with Crippen molar-refractivity contribution in [3.63, 3.8) is 0 Å². The zero-order chi connectivity index (χ0) is 18.8. The summed E-state index contributed by atoms with van der Waals surface area (Å²) in [4.78, 5) is 13.7. The van der Waals surface area contributed by atoms with E-state index in [9.17, 15) is 0 Å². The van der Waals surface area contributed by atoms with E-state index in [0.29, 0.717) is 32.3 Å². The number of fused-ring (bicyclic) bond motifs is 1. The lowest BCUT2D eigenvalue weighted by molar-refractivity contribution is -0.0819. The Labute approximate surface area is 165 Å². The third-order valence-electron chi connectivity index (χ3n) is 4.48. The predicted molar refractivity (Wildman–Crippen MR) is 104 cm³/mol. The monoisotopic (exact) mass is 398 g/mol. The lowest BCUT2D eigenvalue weighted by atomic mass is 10.1. The Morgan fingerprint density at radius 3 is 2.96 bits per heavy atom. The second-order valence-electron chi connectivity index (χ2n) is 6.31. The van der Waals surface area contributed by atoms with Gasteiger partial charge in [-0.15, -0.1) is 11.3 Å². The summed E-state index contributed by atoms with van der Waals surface area (Å²) in [5.41, 5.74) is 2.60. The lowest BCUT2D eigenvalue weighted by Gasteiger charge is -2.23. The largest absolute Gasteiger partial charge is 0.454 e. The van der Waals surface area contributed by atoms with Gasteiger partial charge in [0.05, 0.1) is 25.9 Å². The number of rotatable bonds is 5. The van der Waals surface area contributed by atoms with Crippen LogP contribution in [0, 0.1) is 0 Å². The van der Waals surface area contributed by atoms with Crippen molar-refractivity contribution in [3.8, 4) is 33.3 Å². The van der Waals surface area contributed by atoms with Crippen LogP contribution in [0.15, 0.2) is 36.0 Å². The van der Waals surface area contributed by atoms with Crippen LogP contribution < -0.4 is 14.8 Å². The van der Waals surface area contributed by atoms with Gasteiger partial charge in [0.25, 0.3) is 0 Å². The highest BCUT2D eigenvalue weighted by molar-refractivity contribution is 7.13. The Kier molecular flexibility index (Phi) is 4.78. The Hall–Kier alpha value is -2.75. The minimum Gasteiger partial charge on any atom is -0.454 e. The van der Waals surface area contributed by atoms with Gasteiger partial charge < -0.3 is 24.3 Å². The van der Waals surface area contributed by atoms with Gasteiger partial charge in [-0.2, -0.15) is 0 Å². The van der Waals surface area contributed by atoms with Gasteiger partial charge in [-0.1, -0.05) is 6.07 Å². The van der Waals surface area contributed by atoms with Crippen LogP contribution in [-0.2, 0) is 9.47 Å². The molecular weight excluding hydrogens is 380 g/mol. The molecule has 0 amide bonds. The maximum absolute atomic E-state index is 5.66. The Morgan fingerprint density at radius 1 is 1.14 bits per heavy atom. The number of anilines is 1. The molecule has 1 N–H and O–H groups in total. The van der Waals surface area contributed by atoms with Crippen LogP contribution in [0.2, 0.25) is 0 Å². The highest BCUT2D eigenvalue weighted by atomic mass is 32.1. The molecule has 0 saturated carbocycles. The standard InChI is InChI=1S/C19H18N4O4S/c1-2-15-16(27-11-26-15)7-12(1)14-9-22-19(21-8-13-10-24-4-5-25-13)23-17(14)18-20-3-6-28-18/h1-3,6-7,9,13H,4-5,8,10-11H2,(H,21,22,23)/t13-/m0/s1. The van der Waals surface area contributed by atoms with Gasteiger partial charge in [0.2, 0.25) is 12.7 Å². The molecule has 0 radical (unpaired) electrons. The average Bonchev–Trinajstić information content (AvgIpc) is 3.44. The third kappa shape index (κ3) is 3.51. The molecule has 9 heteroatoms. The van der Waals surface area contributed by atoms with Crippen LogP contribution in [0.4, 0.5) is 5.95 Å². The SMILES string of the molecule is c1csc(-c2nc(NC[C@H]3COCCO3)ncc2-c2ccc3c(c2)OCO3)n1. The van der Waals surface area contributed by atoms with Crippen molar-refractivity contribution in [1.29, 1.82) is 0 Å². The minimum absolute atomic E-state index is 0.00537. The highest BCUT2D eigenvalue weighted by Gasteiger charge is 2.19. The second-order valence-corrected chi connectivity index (χ2v) is 7.20. The van der Waals surface area contributed by atoms with Gasteiger partial charge in [0.15, 0.2) is 11.5 Å². The normalized spacial score (nSPS) is 18.2. The first-order chi connectivity index (χ1) is 13.9. The predicted octanol–water partition coefficient (Wildman–Crippen LogP) is 2.82. The Morgan fingerprint density at radius 2 is 2.11 bits per heavy atom. The molecule has 0 aliphatic carbocycles. The fourth-order valence-corrected chi connectivity index (χ4v) is 3.74. The summed E-state index contributed by atoms with van der Waals surface area (Å²) in [6.45, 7) is 2.65. The topological polar surface area (TPSA) is 87.6 Å². The first kappa shape index (κ1) is 17.4. The van der Waals surface area contributed by atoms with Crippen LogP contribution in [0.1, 0.15) is 0 Å². The number of hydrogen-bond donors (Lipinski definition) is 1. The molecule has 4 heterocycles. The quantitative estimate of drug-likeness (QED) is 0.702. The fraction of sp³-hybridized carbons (Fsp3) is 0.316. The third-order valence-corrected chi connectivity index (χ3v) is 5.26. The first-order valence-corrected chi connectivity index (χ1v) is 9.85. The van der Waals surface area contributed by atoms with Crippen molar-refractivity contribution in [2.24, 2.45) is 0 Å². The Bertz CT molecular complexity index is 961. The van der Waals surface area contributed by atoms with E-state index in [0.717, 1.165) is 33.3 Å². The molecule has 0 spiro atoms. The van der Waals surface area contributed by atoms with E-state index >= 15 is 0 Å². The van der Waals surface area contributed by atoms with Gasteiger partial charge >= 0.3 is 0 Å². The molecule has 1 atom stereocenters. The first-order valence-electron chi connectivity index (χ1n) is 8.97.